The van der Waals surface area contributed by atoms with Crippen LogP contribution in [0.4, 0.5) is 0 Å². The number of hydrogen-bond donors (Lipinski definition) is 1. The summed E-state index contributed by atoms with van der Waals surface area (Å²) < 4.78 is 34.8. The SMILES string of the molecule is COC(=O)CC(NS(=O)(=O)c1cn(C)c(C)n1)c1ccc(Br)cc1. The number of rotatable bonds is 6. The molecule has 9 heteroatoms. The second kappa shape index (κ2) is 7.45. The number of benzene rings is 1. The van der Waals surface area contributed by atoms with E-state index in [1.807, 2.05) is 0 Å². The van der Waals surface area contributed by atoms with Crippen molar-refractivity contribution in [3.8, 4) is 0 Å². The van der Waals surface area contributed by atoms with Crippen molar-refractivity contribution in [1.29, 1.82) is 0 Å². The van der Waals surface area contributed by atoms with Crippen LogP contribution < -0.4 is 4.72 Å². The lowest BCUT2D eigenvalue weighted by molar-refractivity contribution is -0.141. The van der Waals surface area contributed by atoms with E-state index in [0.717, 1.165) is 4.47 Å². The van der Waals surface area contributed by atoms with E-state index in [1.165, 1.54) is 13.3 Å². The maximum absolute atomic E-state index is 12.6. The quantitative estimate of drug-likeness (QED) is 0.729. The Morgan fingerprint density at radius 2 is 2.00 bits per heavy atom. The van der Waals surface area contributed by atoms with Gasteiger partial charge in [-0.3, -0.25) is 4.79 Å². The van der Waals surface area contributed by atoms with Crippen LogP contribution in [-0.4, -0.2) is 31.0 Å². The molecule has 1 atom stereocenters. The first-order valence-electron chi connectivity index (χ1n) is 7.07. The van der Waals surface area contributed by atoms with E-state index in [4.69, 9.17) is 0 Å². The molecular formula is C15H18BrN3O4S. The molecule has 0 aliphatic carbocycles. The van der Waals surface area contributed by atoms with E-state index in [2.05, 4.69) is 30.4 Å². The zero-order chi connectivity index (χ0) is 17.9. The van der Waals surface area contributed by atoms with Gasteiger partial charge < -0.3 is 9.30 Å². The van der Waals surface area contributed by atoms with E-state index in [-0.39, 0.29) is 11.4 Å². The number of sulfonamides is 1. The van der Waals surface area contributed by atoms with Gasteiger partial charge in [0.1, 0.15) is 5.82 Å². The second-order valence-corrected chi connectivity index (χ2v) is 7.82. The van der Waals surface area contributed by atoms with Crippen LogP contribution in [0.25, 0.3) is 0 Å². The van der Waals surface area contributed by atoms with Gasteiger partial charge in [0.15, 0.2) is 5.03 Å². The van der Waals surface area contributed by atoms with Gasteiger partial charge in [0.25, 0.3) is 10.0 Å². The molecular weight excluding hydrogens is 398 g/mol. The van der Waals surface area contributed by atoms with E-state index >= 15 is 0 Å². The van der Waals surface area contributed by atoms with Gasteiger partial charge >= 0.3 is 5.97 Å². The number of imidazole rings is 1. The number of nitrogens with one attached hydrogen (secondary N) is 1. The maximum atomic E-state index is 12.6. The highest BCUT2D eigenvalue weighted by molar-refractivity contribution is 9.10. The molecule has 1 unspecified atom stereocenters. The summed E-state index contributed by atoms with van der Waals surface area (Å²) in [6.45, 7) is 1.71. The van der Waals surface area contributed by atoms with Crippen molar-refractivity contribution in [3.63, 3.8) is 0 Å². The third kappa shape index (κ3) is 4.43. The van der Waals surface area contributed by atoms with Gasteiger partial charge in [-0.05, 0) is 24.6 Å². The first kappa shape index (κ1) is 18.6. The van der Waals surface area contributed by atoms with Gasteiger partial charge in [-0.25, -0.2) is 18.1 Å². The summed E-state index contributed by atoms with van der Waals surface area (Å²) in [6, 6.07) is 6.28. The van der Waals surface area contributed by atoms with Gasteiger partial charge in [0.2, 0.25) is 0 Å². The van der Waals surface area contributed by atoms with E-state index in [1.54, 1.807) is 42.8 Å². The largest absolute Gasteiger partial charge is 0.469 e. The molecule has 2 rings (SSSR count). The Balaban J connectivity index is 2.33. The lowest BCUT2D eigenvalue weighted by atomic mass is 10.1. The van der Waals surface area contributed by atoms with Gasteiger partial charge in [-0.1, -0.05) is 28.1 Å². The zero-order valence-electron chi connectivity index (χ0n) is 13.5. The fourth-order valence-electron chi connectivity index (χ4n) is 2.08. The van der Waals surface area contributed by atoms with Crippen LogP contribution in [0.1, 0.15) is 23.9 Å². The molecule has 1 aromatic heterocycles. The predicted octanol–water partition coefficient (Wildman–Crippen LogP) is 2.07. The summed E-state index contributed by atoms with van der Waals surface area (Å²) in [7, 11) is -0.903. The zero-order valence-corrected chi connectivity index (χ0v) is 15.9. The van der Waals surface area contributed by atoms with Gasteiger partial charge in [0.05, 0.1) is 19.6 Å². The van der Waals surface area contributed by atoms with Gasteiger partial charge in [-0.15, -0.1) is 0 Å². The minimum absolute atomic E-state index is 0.0884. The molecule has 24 heavy (non-hydrogen) atoms. The Bertz CT molecular complexity index is 811. The summed E-state index contributed by atoms with van der Waals surface area (Å²) in [6.07, 6.45) is 1.30. The first-order valence-corrected chi connectivity index (χ1v) is 9.35. The van der Waals surface area contributed by atoms with E-state index < -0.39 is 22.0 Å². The average Bonchev–Trinajstić information content (AvgIpc) is 2.87. The lowest BCUT2D eigenvalue weighted by Crippen LogP contribution is -2.30. The monoisotopic (exact) mass is 415 g/mol. The van der Waals surface area contributed by atoms with Crippen LogP contribution in [0.15, 0.2) is 40.0 Å². The first-order chi connectivity index (χ1) is 11.2. The number of halogens is 1. The maximum Gasteiger partial charge on any atom is 0.307 e. The van der Waals surface area contributed by atoms with Crippen molar-refractivity contribution in [3.05, 3.63) is 46.3 Å². The molecule has 1 aromatic carbocycles. The van der Waals surface area contributed by atoms with Crippen LogP contribution in [0, 0.1) is 6.92 Å². The Labute approximate surface area is 149 Å². The molecule has 0 aliphatic heterocycles. The molecule has 0 radical (unpaired) electrons. The highest BCUT2D eigenvalue weighted by Gasteiger charge is 2.26. The Morgan fingerprint density at radius 3 is 2.50 bits per heavy atom. The fourth-order valence-corrected chi connectivity index (χ4v) is 3.60. The molecule has 0 saturated heterocycles. The Morgan fingerprint density at radius 1 is 1.38 bits per heavy atom. The fraction of sp³-hybridized carbons (Fsp3) is 0.333. The highest BCUT2D eigenvalue weighted by Crippen LogP contribution is 2.22. The minimum atomic E-state index is -3.87. The standard InChI is InChI=1S/C15H18BrN3O4S/c1-10-17-14(9-19(10)2)24(21,22)18-13(8-15(20)23-3)11-4-6-12(16)7-5-11/h4-7,9,13,18H,8H2,1-3H3. The van der Waals surface area contributed by atoms with Crippen molar-refractivity contribution >= 4 is 31.9 Å². The topological polar surface area (TPSA) is 90.3 Å². The smallest absolute Gasteiger partial charge is 0.307 e. The molecule has 7 nitrogen and oxygen atoms in total. The molecule has 0 spiro atoms. The number of aryl methyl sites for hydroxylation is 2. The normalized spacial score (nSPS) is 12.8. The molecule has 2 aromatic rings. The number of hydrogen-bond acceptors (Lipinski definition) is 5. The average molecular weight is 416 g/mol. The number of ether oxygens (including phenoxy) is 1. The number of nitrogens with zero attached hydrogens (tertiary/aromatic N) is 2. The van der Waals surface area contributed by atoms with Crippen LogP contribution in [0.2, 0.25) is 0 Å². The number of aromatic nitrogens is 2. The third-order valence-electron chi connectivity index (χ3n) is 3.53. The summed E-state index contributed by atoms with van der Waals surface area (Å²) in [5.74, 6) is 0.0614. The van der Waals surface area contributed by atoms with E-state index in [0.29, 0.717) is 11.4 Å². The molecule has 0 aliphatic rings. The Hall–Kier alpha value is -1.71. The molecule has 0 amide bonds. The second-order valence-electron chi connectivity index (χ2n) is 5.24. The summed E-state index contributed by atoms with van der Waals surface area (Å²) in [5, 5.41) is -0.0884. The number of carbonyl (C=O) groups excluding carboxylic acids is 1. The Kier molecular flexibility index (Phi) is 5.79. The predicted molar refractivity (Wildman–Crippen MR) is 91.8 cm³/mol. The van der Waals surface area contributed by atoms with Crippen LogP contribution in [-0.2, 0) is 26.6 Å². The molecule has 1 N–H and O–H groups in total. The van der Waals surface area contributed by atoms with Crippen molar-refractivity contribution in [2.24, 2.45) is 7.05 Å². The molecule has 0 bridgehead atoms. The van der Waals surface area contributed by atoms with Crippen molar-refractivity contribution in [2.75, 3.05) is 7.11 Å². The van der Waals surface area contributed by atoms with Crippen molar-refractivity contribution < 1.29 is 17.9 Å². The molecule has 1 heterocycles. The summed E-state index contributed by atoms with van der Waals surface area (Å²) in [4.78, 5) is 15.7. The van der Waals surface area contributed by atoms with Crippen molar-refractivity contribution in [2.45, 2.75) is 24.4 Å². The van der Waals surface area contributed by atoms with Crippen molar-refractivity contribution in [1.82, 2.24) is 14.3 Å². The molecule has 0 saturated carbocycles. The van der Waals surface area contributed by atoms with Gasteiger partial charge in [0, 0.05) is 17.7 Å². The number of carbonyl (C=O) groups is 1. The van der Waals surface area contributed by atoms with Gasteiger partial charge in [-0.2, -0.15) is 0 Å². The minimum Gasteiger partial charge on any atom is -0.469 e. The number of methoxy groups -OCH3 is 1. The highest BCUT2D eigenvalue weighted by atomic mass is 79.9. The van der Waals surface area contributed by atoms with Crippen LogP contribution >= 0.6 is 15.9 Å². The van der Waals surface area contributed by atoms with Crippen LogP contribution in [0.3, 0.4) is 0 Å². The van der Waals surface area contributed by atoms with E-state index in [9.17, 15) is 13.2 Å². The van der Waals surface area contributed by atoms with Crippen LogP contribution in [0.5, 0.6) is 0 Å². The summed E-state index contributed by atoms with van der Waals surface area (Å²) in [5.41, 5.74) is 0.653. The third-order valence-corrected chi connectivity index (χ3v) is 5.40. The molecule has 0 fully saturated rings. The number of esters is 1. The summed E-state index contributed by atoms with van der Waals surface area (Å²) >= 11 is 3.32. The lowest BCUT2D eigenvalue weighted by Gasteiger charge is -2.17. The molecule has 130 valence electrons.